The van der Waals surface area contributed by atoms with E-state index in [1.54, 1.807) is 0 Å². The van der Waals surface area contributed by atoms with Gasteiger partial charge in [0.05, 0.1) is 0 Å². The van der Waals surface area contributed by atoms with Crippen molar-refractivity contribution in [2.45, 2.75) is 117 Å². The molecule has 0 fully saturated rings. The summed E-state index contributed by atoms with van der Waals surface area (Å²) >= 11 is 0. The minimum absolute atomic E-state index is 0.336. The Kier molecular flexibility index (Phi) is 15.7. The van der Waals surface area contributed by atoms with Crippen LogP contribution in [0.25, 0.3) is 0 Å². The molecule has 25 heavy (non-hydrogen) atoms. The van der Waals surface area contributed by atoms with Gasteiger partial charge < -0.3 is 9.84 Å². The Labute approximate surface area is 154 Å². The lowest BCUT2D eigenvalue weighted by molar-refractivity contribution is -0.164. The number of rotatable bonds is 17. The third kappa shape index (κ3) is 13.9. The van der Waals surface area contributed by atoms with E-state index >= 15 is 0 Å². The SMILES string of the molecule is CCCCCCCC(=O)OC(CCCCCCC(CC)CC)C(=O)O. The number of carboxylic acid groups (broad SMARTS) is 1. The van der Waals surface area contributed by atoms with Crippen LogP contribution in [0.3, 0.4) is 0 Å². The van der Waals surface area contributed by atoms with Gasteiger partial charge in [0.2, 0.25) is 0 Å². The van der Waals surface area contributed by atoms with Crippen LogP contribution in [0.5, 0.6) is 0 Å². The van der Waals surface area contributed by atoms with E-state index in [1.807, 2.05) is 0 Å². The van der Waals surface area contributed by atoms with E-state index in [9.17, 15) is 14.7 Å². The highest BCUT2D eigenvalue weighted by Crippen LogP contribution is 2.18. The van der Waals surface area contributed by atoms with Crippen LogP contribution in [-0.2, 0) is 14.3 Å². The predicted octanol–water partition coefficient (Wildman–Crippen LogP) is 6.12. The summed E-state index contributed by atoms with van der Waals surface area (Å²) in [5.41, 5.74) is 0. The van der Waals surface area contributed by atoms with Crippen LogP contribution in [0, 0.1) is 5.92 Å². The molecule has 0 aromatic carbocycles. The van der Waals surface area contributed by atoms with Crippen molar-refractivity contribution in [3.8, 4) is 0 Å². The van der Waals surface area contributed by atoms with Gasteiger partial charge in [-0.2, -0.15) is 0 Å². The van der Waals surface area contributed by atoms with Crippen LogP contribution in [0.4, 0.5) is 0 Å². The molecular weight excluding hydrogens is 316 g/mol. The lowest BCUT2D eigenvalue weighted by Gasteiger charge is -2.14. The molecule has 1 atom stereocenters. The van der Waals surface area contributed by atoms with Crippen molar-refractivity contribution in [1.82, 2.24) is 0 Å². The Morgan fingerprint density at radius 1 is 0.800 bits per heavy atom. The zero-order valence-electron chi connectivity index (χ0n) is 16.7. The smallest absolute Gasteiger partial charge is 0.345 e. The maximum atomic E-state index is 11.8. The minimum atomic E-state index is -1.02. The van der Waals surface area contributed by atoms with Gasteiger partial charge in [-0.1, -0.05) is 85.0 Å². The molecule has 0 aliphatic carbocycles. The number of hydrogen-bond donors (Lipinski definition) is 1. The lowest BCUT2D eigenvalue weighted by Crippen LogP contribution is -2.27. The second-order valence-electron chi connectivity index (χ2n) is 7.16. The van der Waals surface area contributed by atoms with Crippen LogP contribution < -0.4 is 0 Å². The molecule has 0 spiro atoms. The number of carboxylic acids is 1. The monoisotopic (exact) mass is 356 g/mol. The molecule has 0 rings (SSSR count). The molecule has 0 radical (unpaired) electrons. The normalized spacial score (nSPS) is 12.3. The molecule has 0 aliphatic rings. The Hall–Kier alpha value is -1.06. The van der Waals surface area contributed by atoms with E-state index in [-0.39, 0.29) is 5.97 Å². The molecule has 1 N–H and O–H groups in total. The standard InChI is InChI=1S/C21H40O4/c1-4-7-8-9-14-17-20(22)25-19(21(23)24)16-13-11-10-12-15-18(5-2)6-3/h18-19H,4-17H2,1-3H3,(H,23,24). The van der Waals surface area contributed by atoms with E-state index in [0.717, 1.165) is 44.4 Å². The van der Waals surface area contributed by atoms with Crippen molar-refractivity contribution < 1.29 is 19.4 Å². The summed E-state index contributed by atoms with van der Waals surface area (Å²) in [4.78, 5) is 23.0. The summed E-state index contributed by atoms with van der Waals surface area (Å²) in [6.07, 6.45) is 13.0. The first-order valence-electron chi connectivity index (χ1n) is 10.5. The van der Waals surface area contributed by atoms with Crippen LogP contribution in [0.15, 0.2) is 0 Å². The van der Waals surface area contributed by atoms with Crippen LogP contribution in [-0.4, -0.2) is 23.1 Å². The van der Waals surface area contributed by atoms with Gasteiger partial charge in [-0.15, -0.1) is 0 Å². The first-order valence-corrected chi connectivity index (χ1v) is 10.5. The zero-order chi connectivity index (χ0) is 18.9. The van der Waals surface area contributed by atoms with Crippen LogP contribution >= 0.6 is 0 Å². The average molecular weight is 357 g/mol. The van der Waals surface area contributed by atoms with Gasteiger partial charge in [-0.25, -0.2) is 4.79 Å². The number of carbonyl (C=O) groups excluding carboxylic acids is 1. The molecule has 0 bridgehead atoms. The van der Waals surface area contributed by atoms with Gasteiger partial charge in [0.1, 0.15) is 0 Å². The third-order valence-electron chi connectivity index (χ3n) is 5.02. The van der Waals surface area contributed by atoms with Gasteiger partial charge in [0.25, 0.3) is 0 Å². The van der Waals surface area contributed by atoms with E-state index in [2.05, 4.69) is 20.8 Å². The van der Waals surface area contributed by atoms with Crippen molar-refractivity contribution in [2.24, 2.45) is 5.92 Å². The summed E-state index contributed by atoms with van der Waals surface area (Å²) in [6, 6.07) is 0. The Balaban J connectivity index is 3.83. The van der Waals surface area contributed by atoms with Gasteiger partial charge in [0, 0.05) is 6.42 Å². The Bertz CT molecular complexity index is 337. The average Bonchev–Trinajstić information content (AvgIpc) is 2.59. The Morgan fingerprint density at radius 3 is 1.92 bits per heavy atom. The first kappa shape index (κ1) is 23.9. The quantitative estimate of drug-likeness (QED) is 0.252. The van der Waals surface area contributed by atoms with E-state index in [0.29, 0.717) is 12.8 Å². The van der Waals surface area contributed by atoms with Crippen molar-refractivity contribution in [1.29, 1.82) is 0 Å². The summed E-state index contributed by atoms with van der Waals surface area (Å²) in [5.74, 6) is -0.556. The van der Waals surface area contributed by atoms with Gasteiger partial charge in [0.15, 0.2) is 6.10 Å². The maximum absolute atomic E-state index is 11.8. The molecule has 0 aromatic heterocycles. The topological polar surface area (TPSA) is 63.6 Å². The van der Waals surface area contributed by atoms with Gasteiger partial charge in [-0.05, 0) is 25.2 Å². The highest BCUT2D eigenvalue weighted by Gasteiger charge is 2.21. The maximum Gasteiger partial charge on any atom is 0.345 e. The highest BCUT2D eigenvalue weighted by atomic mass is 16.6. The number of unbranched alkanes of at least 4 members (excludes halogenated alkanes) is 7. The molecule has 4 nitrogen and oxygen atoms in total. The van der Waals surface area contributed by atoms with Crippen molar-refractivity contribution in [3.63, 3.8) is 0 Å². The second-order valence-corrected chi connectivity index (χ2v) is 7.16. The molecule has 148 valence electrons. The van der Waals surface area contributed by atoms with Crippen molar-refractivity contribution in [3.05, 3.63) is 0 Å². The molecule has 0 aliphatic heterocycles. The summed E-state index contributed by atoms with van der Waals surface area (Å²) in [5, 5.41) is 9.23. The number of hydrogen-bond acceptors (Lipinski definition) is 3. The molecule has 0 saturated carbocycles. The van der Waals surface area contributed by atoms with E-state index in [4.69, 9.17) is 4.74 Å². The fourth-order valence-electron chi connectivity index (χ4n) is 3.14. The third-order valence-corrected chi connectivity index (χ3v) is 5.02. The molecule has 0 heterocycles. The zero-order valence-corrected chi connectivity index (χ0v) is 16.7. The minimum Gasteiger partial charge on any atom is -0.479 e. The fourth-order valence-corrected chi connectivity index (χ4v) is 3.14. The number of carbonyl (C=O) groups is 2. The molecule has 0 saturated heterocycles. The van der Waals surface area contributed by atoms with Crippen LogP contribution in [0.1, 0.15) is 111 Å². The Morgan fingerprint density at radius 2 is 1.36 bits per heavy atom. The summed E-state index contributed by atoms with van der Waals surface area (Å²) < 4.78 is 5.16. The largest absolute Gasteiger partial charge is 0.479 e. The van der Waals surface area contributed by atoms with Crippen molar-refractivity contribution in [2.75, 3.05) is 0 Å². The molecule has 0 aromatic rings. The number of aliphatic carboxylic acids is 1. The fraction of sp³-hybridized carbons (Fsp3) is 0.905. The first-order chi connectivity index (χ1) is 12.0. The van der Waals surface area contributed by atoms with Crippen molar-refractivity contribution >= 4 is 11.9 Å². The van der Waals surface area contributed by atoms with Gasteiger partial charge >= 0.3 is 11.9 Å². The highest BCUT2D eigenvalue weighted by molar-refractivity contribution is 5.77. The van der Waals surface area contributed by atoms with Gasteiger partial charge in [-0.3, -0.25) is 4.79 Å². The lowest BCUT2D eigenvalue weighted by atomic mass is 9.95. The number of esters is 1. The molecule has 1 unspecified atom stereocenters. The predicted molar refractivity (Wildman–Crippen MR) is 103 cm³/mol. The summed E-state index contributed by atoms with van der Waals surface area (Å²) in [6.45, 7) is 6.63. The molecular formula is C21H40O4. The second kappa shape index (κ2) is 16.4. The van der Waals surface area contributed by atoms with E-state index < -0.39 is 12.1 Å². The summed E-state index contributed by atoms with van der Waals surface area (Å²) in [7, 11) is 0. The molecule has 0 amide bonds. The van der Waals surface area contributed by atoms with E-state index in [1.165, 1.54) is 38.5 Å². The van der Waals surface area contributed by atoms with Crippen LogP contribution in [0.2, 0.25) is 0 Å². The number of ether oxygens (including phenoxy) is 1. The molecule has 4 heteroatoms.